The third-order valence-electron chi connectivity index (χ3n) is 4.53. The molecule has 1 saturated heterocycles. The maximum Gasteiger partial charge on any atom is 0.146 e. The highest BCUT2D eigenvalue weighted by atomic mass is 19.1. The summed E-state index contributed by atoms with van der Waals surface area (Å²) in [6.45, 7) is 9.21. The first-order valence-electron chi connectivity index (χ1n) is 8.52. The lowest BCUT2D eigenvalue weighted by atomic mass is 9.98. The van der Waals surface area contributed by atoms with Gasteiger partial charge >= 0.3 is 0 Å². The van der Waals surface area contributed by atoms with E-state index in [1.165, 1.54) is 0 Å². The minimum absolute atomic E-state index is 0.0437. The highest BCUT2D eigenvalue weighted by Crippen LogP contribution is 2.25. The summed E-state index contributed by atoms with van der Waals surface area (Å²) in [6, 6.07) is 5.74. The van der Waals surface area contributed by atoms with E-state index in [1.807, 2.05) is 24.0 Å². The van der Waals surface area contributed by atoms with E-state index in [-0.39, 0.29) is 24.5 Å². The molecule has 0 radical (unpaired) electrons. The molecule has 0 aliphatic carbocycles. The number of halogens is 1. The Morgan fingerprint density at radius 2 is 1.96 bits per heavy atom. The van der Waals surface area contributed by atoms with E-state index >= 15 is 0 Å². The van der Waals surface area contributed by atoms with E-state index in [0.717, 1.165) is 18.7 Å². The highest BCUT2D eigenvalue weighted by Gasteiger charge is 2.19. The van der Waals surface area contributed by atoms with Crippen LogP contribution in [0.2, 0.25) is 0 Å². The summed E-state index contributed by atoms with van der Waals surface area (Å²) in [5.74, 6) is 0.239. The third kappa shape index (κ3) is 4.90. The number of ether oxygens (including phenoxy) is 1. The summed E-state index contributed by atoms with van der Waals surface area (Å²) >= 11 is 0. The van der Waals surface area contributed by atoms with Crippen LogP contribution in [-0.2, 0) is 4.74 Å². The Morgan fingerprint density at radius 3 is 2.52 bits per heavy atom. The second kappa shape index (κ2) is 8.62. The fraction of sp³-hybridized carbons (Fsp3) is 0.667. The Morgan fingerprint density at radius 1 is 1.26 bits per heavy atom. The zero-order chi connectivity index (χ0) is 16.8. The van der Waals surface area contributed by atoms with Crippen molar-refractivity contribution in [3.05, 3.63) is 29.6 Å². The van der Waals surface area contributed by atoms with E-state index in [4.69, 9.17) is 4.74 Å². The van der Waals surface area contributed by atoms with Crippen molar-refractivity contribution < 1.29 is 14.2 Å². The van der Waals surface area contributed by atoms with E-state index in [0.29, 0.717) is 31.2 Å². The number of nitrogens with one attached hydrogen (secondary N) is 1. The predicted molar refractivity (Wildman–Crippen MR) is 91.3 cm³/mol. The molecule has 5 heteroatoms. The molecule has 0 amide bonds. The van der Waals surface area contributed by atoms with Crippen molar-refractivity contribution in [3.8, 4) is 0 Å². The molecule has 0 spiro atoms. The molecule has 130 valence electrons. The van der Waals surface area contributed by atoms with Crippen LogP contribution < -0.4 is 10.2 Å². The molecule has 2 rings (SSSR count). The summed E-state index contributed by atoms with van der Waals surface area (Å²) in [7, 11) is 0. The van der Waals surface area contributed by atoms with Crippen LogP contribution in [0.5, 0.6) is 0 Å². The number of benzene rings is 1. The van der Waals surface area contributed by atoms with Gasteiger partial charge in [0.25, 0.3) is 0 Å². The second-order valence-corrected chi connectivity index (χ2v) is 6.56. The van der Waals surface area contributed by atoms with Crippen molar-refractivity contribution >= 4 is 5.69 Å². The van der Waals surface area contributed by atoms with Gasteiger partial charge in [-0.15, -0.1) is 0 Å². The molecule has 0 saturated carbocycles. The van der Waals surface area contributed by atoms with Crippen LogP contribution in [0.15, 0.2) is 18.2 Å². The maximum atomic E-state index is 14.5. The van der Waals surface area contributed by atoms with Crippen molar-refractivity contribution in [2.24, 2.45) is 5.92 Å². The summed E-state index contributed by atoms with van der Waals surface area (Å²) in [5, 5.41) is 12.7. The van der Waals surface area contributed by atoms with E-state index in [2.05, 4.69) is 19.2 Å². The Kier molecular flexibility index (Phi) is 6.81. The number of anilines is 1. The van der Waals surface area contributed by atoms with Gasteiger partial charge < -0.3 is 20.1 Å². The first kappa shape index (κ1) is 18.2. The molecule has 1 aliphatic heterocycles. The van der Waals surface area contributed by atoms with Crippen LogP contribution in [0.3, 0.4) is 0 Å². The number of hydrogen-bond acceptors (Lipinski definition) is 4. The Bertz CT molecular complexity index is 490. The van der Waals surface area contributed by atoms with Gasteiger partial charge in [0.1, 0.15) is 5.82 Å². The maximum absolute atomic E-state index is 14.5. The minimum atomic E-state index is -0.179. The monoisotopic (exact) mass is 324 g/mol. The number of nitrogens with zero attached hydrogens (tertiary/aromatic N) is 1. The number of hydrogen-bond donors (Lipinski definition) is 2. The van der Waals surface area contributed by atoms with Gasteiger partial charge in [0, 0.05) is 31.8 Å². The average Bonchev–Trinajstić information content (AvgIpc) is 2.55. The highest BCUT2D eigenvalue weighted by molar-refractivity contribution is 5.49. The summed E-state index contributed by atoms with van der Waals surface area (Å²) in [5.41, 5.74) is 1.59. The molecule has 1 heterocycles. The number of aliphatic hydroxyl groups excluding tert-OH is 1. The lowest BCUT2D eigenvalue weighted by Crippen LogP contribution is -2.37. The van der Waals surface area contributed by atoms with Crippen LogP contribution in [0, 0.1) is 11.7 Å². The summed E-state index contributed by atoms with van der Waals surface area (Å²) in [6.07, 6.45) is 0.705. The molecule has 1 aromatic carbocycles. The van der Waals surface area contributed by atoms with Crippen molar-refractivity contribution in [1.82, 2.24) is 5.32 Å². The molecule has 23 heavy (non-hydrogen) atoms. The summed E-state index contributed by atoms with van der Waals surface area (Å²) in [4.78, 5) is 2.03. The molecule has 1 fully saturated rings. The number of rotatable bonds is 7. The topological polar surface area (TPSA) is 44.7 Å². The molecule has 1 aliphatic rings. The second-order valence-electron chi connectivity index (χ2n) is 6.56. The normalized spacial score (nSPS) is 18.3. The van der Waals surface area contributed by atoms with Gasteiger partial charge in [-0.2, -0.15) is 0 Å². The fourth-order valence-corrected chi connectivity index (χ4v) is 3.02. The van der Waals surface area contributed by atoms with Gasteiger partial charge in [-0.25, -0.2) is 4.39 Å². The van der Waals surface area contributed by atoms with Crippen LogP contribution >= 0.6 is 0 Å². The Balaban J connectivity index is 2.06. The Hall–Kier alpha value is -1.17. The van der Waals surface area contributed by atoms with Gasteiger partial charge in [0.2, 0.25) is 0 Å². The third-order valence-corrected chi connectivity index (χ3v) is 4.53. The van der Waals surface area contributed by atoms with Crippen molar-refractivity contribution in [2.75, 3.05) is 37.8 Å². The van der Waals surface area contributed by atoms with Crippen LogP contribution in [0.25, 0.3) is 0 Å². The smallest absolute Gasteiger partial charge is 0.146 e. The van der Waals surface area contributed by atoms with Crippen LogP contribution in [0.4, 0.5) is 10.1 Å². The van der Waals surface area contributed by atoms with Gasteiger partial charge in [-0.1, -0.05) is 19.9 Å². The Labute approximate surface area is 138 Å². The summed E-state index contributed by atoms with van der Waals surface area (Å²) < 4.78 is 19.8. The van der Waals surface area contributed by atoms with Crippen LogP contribution in [-0.4, -0.2) is 44.1 Å². The molecular weight excluding hydrogens is 295 g/mol. The number of aliphatic hydroxyl groups is 1. The van der Waals surface area contributed by atoms with E-state index < -0.39 is 0 Å². The molecule has 0 aromatic heterocycles. The first-order valence-corrected chi connectivity index (χ1v) is 8.52. The average molecular weight is 324 g/mol. The van der Waals surface area contributed by atoms with Gasteiger partial charge in [0.05, 0.1) is 18.9 Å². The van der Waals surface area contributed by atoms with Gasteiger partial charge in [0.15, 0.2) is 0 Å². The zero-order valence-electron chi connectivity index (χ0n) is 14.4. The lowest BCUT2D eigenvalue weighted by Gasteiger charge is -2.30. The zero-order valence-corrected chi connectivity index (χ0v) is 14.4. The first-order chi connectivity index (χ1) is 11.0. The predicted octanol–water partition coefficient (Wildman–Crippen LogP) is 2.72. The molecule has 2 atom stereocenters. The molecule has 0 bridgehead atoms. The quantitative estimate of drug-likeness (QED) is 0.809. The molecule has 2 unspecified atom stereocenters. The molecular formula is C18H29FN2O2. The minimum Gasteiger partial charge on any atom is -0.396 e. The van der Waals surface area contributed by atoms with Crippen molar-refractivity contribution in [2.45, 2.75) is 39.3 Å². The van der Waals surface area contributed by atoms with Crippen LogP contribution in [0.1, 0.15) is 38.8 Å². The van der Waals surface area contributed by atoms with Crippen molar-refractivity contribution in [1.29, 1.82) is 0 Å². The SMILES string of the molecule is CC(NC(CCO)C(C)C)c1ccc(N2CCOCC2)c(F)c1. The van der Waals surface area contributed by atoms with E-state index in [9.17, 15) is 9.50 Å². The molecule has 1 aromatic rings. The molecule has 4 nitrogen and oxygen atoms in total. The largest absolute Gasteiger partial charge is 0.396 e. The standard InChI is InChI=1S/C18H29FN2O2/c1-13(2)17(6-9-22)20-14(3)15-4-5-18(16(19)12-15)21-7-10-23-11-8-21/h4-5,12-14,17,20,22H,6-11H2,1-3H3. The van der Waals surface area contributed by atoms with E-state index in [1.54, 1.807) is 6.07 Å². The number of morpholine rings is 1. The van der Waals surface area contributed by atoms with Gasteiger partial charge in [-0.3, -0.25) is 0 Å². The molecule has 2 N–H and O–H groups in total. The lowest BCUT2D eigenvalue weighted by molar-refractivity contribution is 0.122. The fourth-order valence-electron chi connectivity index (χ4n) is 3.02. The van der Waals surface area contributed by atoms with Gasteiger partial charge in [-0.05, 0) is 37.0 Å². The van der Waals surface area contributed by atoms with Crippen molar-refractivity contribution in [3.63, 3.8) is 0 Å².